The average molecular weight is 268 g/mol. The van der Waals surface area contributed by atoms with Gasteiger partial charge in [0.2, 0.25) is 0 Å². The van der Waals surface area contributed by atoms with Crippen LogP contribution in [0.25, 0.3) is 0 Å². The molecule has 0 fully saturated rings. The highest BCUT2D eigenvalue weighted by Crippen LogP contribution is 2.20. The number of nitrogens with zero attached hydrogens (tertiary/aromatic N) is 1. The Kier molecular flexibility index (Phi) is 6.18. The predicted molar refractivity (Wildman–Crippen MR) is 73.8 cm³/mol. The van der Waals surface area contributed by atoms with E-state index in [-0.39, 0.29) is 6.04 Å². The van der Waals surface area contributed by atoms with Crippen LogP contribution in [0.3, 0.4) is 0 Å². The van der Waals surface area contributed by atoms with Crippen molar-refractivity contribution in [1.29, 1.82) is 0 Å². The Morgan fingerprint density at radius 1 is 1.58 bits per heavy atom. The standard InChI is InChI=1S/C14H24N2O3/c1-10-7-12(9-17)11(2)16(8-10)6-4-3-5-13(15)14(18)19/h7,9-11,13H,3-6,8,15H2,1-2H3,(H,18,19)/t10?,11?,13-/m0/s1. The number of hydrogen-bond donors (Lipinski definition) is 2. The topological polar surface area (TPSA) is 83.6 Å². The molecule has 1 aliphatic rings. The van der Waals surface area contributed by atoms with Gasteiger partial charge in [0.1, 0.15) is 12.3 Å². The van der Waals surface area contributed by atoms with Crippen LogP contribution in [0.1, 0.15) is 33.1 Å². The Bertz CT molecular complexity index is 355. The number of aliphatic carboxylic acids is 1. The minimum Gasteiger partial charge on any atom is -0.480 e. The van der Waals surface area contributed by atoms with E-state index >= 15 is 0 Å². The van der Waals surface area contributed by atoms with Crippen molar-refractivity contribution in [3.05, 3.63) is 11.6 Å². The third-order valence-electron chi connectivity index (χ3n) is 3.69. The predicted octanol–water partition coefficient (Wildman–Crippen LogP) is 1.03. The molecule has 0 aromatic rings. The Hall–Kier alpha value is -1.20. The van der Waals surface area contributed by atoms with Gasteiger partial charge in [0, 0.05) is 18.2 Å². The molecule has 0 amide bonds. The van der Waals surface area contributed by atoms with Gasteiger partial charge in [0.25, 0.3) is 0 Å². The number of hydrogen-bond acceptors (Lipinski definition) is 4. The lowest BCUT2D eigenvalue weighted by Gasteiger charge is -2.35. The molecule has 5 heteroatoms. The molecular formula is C14H24N2O3. The molecule has 3 atom stereocenters. The molecule has 0 aromatic carbocycles. The summed E-state index contributed by atoms with van der Waals surface area (Å²) >= 11 is 0. The van der Waals surface area contributed by atoms with Crippen molar-refractivity contribution < 1.29 is 14.7 Å². The zero-order chi connectivity index (χ0) is 14.4. The number of unbranched alkanes of at least 4 members (excludes halogenated alkanes) is 1. The van der Waals surface area contributed by atoms with Crippen molar-refractivity contribution in [3.63, 3.8) is 0 Å². The second-order valence-corrected chi connectivity index (χ2v) is 5.37. The smallest absolute Gasteiger partial charge is 0.320 e. The van der Waals surface area contributed by atoms with Crippen LogP contribution < -0.4 is 5.73 Å². The minimum atomic E-state index is -0.939. The van der Waals surface area contributed by atoms with Gasteiger partial charge in [-0.05, 0) is 32.2 Å². The summed E-state index contributed by atoms with van der Waals surface area (Å²) in [4.78, 5) is 23.8. The van der Waals surface area contributed by atoms with E-state index in [1.165, 1.54) is 0 Å². The number of carbonyl (C=O) groups is 2. The fourth-order valence-corrected chi connectivity index (χ4v) is 2.48. The van der Waals surface area contributed by atoms with E-state index in [0.717, 1.165) is 37.8 Å². The Balaban J connectivity index is 2.35. The molecule has 5 nitrogen and oxygen atoms in total. The van der Waals surface area contributed by atoms with Gasteiger partial charge in [-0.15, -0.1) is 0 Å². The summed E-state index contributed by atoms with van der Waals surface area (Å²) in [5.74, 6) is -0.552. The molecule has 3 N–H and O–H groups in total. The van der Waals surface area contributed by atoms with Gasteiger partial charge >= 0.3 is 5.97 Å². The lowest BCUT2D eigenvalue weighted by atomic mass is 9.95. The van der Waals surface area contributed by atoms with Crippen LogP contribution in [-0.4, -0.2) is 47.4 Å². The average Bonchev–Trinajstić information content (AvgIpc) is 2.37. The maximum atomic E-state index is 11.0. The summed E-state index contributed by atoms with van der Waals surface area (Å²) in [6.07, 6.45) is 5.18. The van der Waals surface area contributed by atoms with E-state index in [1.54, 1.807) is 0 Å². The fraction of sp³-hybridized carbons (Fsp3) is 0.714. The van der Waals surface area contributed by atoms with Crippen LogP contribution in [0.2, 0.25) is 0 Å². The monoisotopic (exact) mass is 268 g/mol. The molecule has 0 saturated carbocycles. The van der Waals surface area contributed by atoms with Gasteiger partial charge in [0.15, 0.2) is 0 Å². The first-order valence-electron chi connectivity index (χ1n) is 6.85. The van der Waals surface area contributed by atoms with Crippen molar-refractivity contribution in [2.75, 3.05) is 13.1 Å². The minimum absolute atomic E-state index is 0.154. The molecule has 1 aliphatic heterocycles. The van der Waals surface area contributed by atoms with Crippen molar-refractivity contribution >= 4 is 12.3 Å². The second-order valence-electron chi connectivity index (χ2n) is 5.37. The van der Waals surface area contributed by atoms with E-state index in [4.69, 9.17) is 10.8 Å². The molecule has 0 spiro atoms. The molecular weight excluding hydrogens is 244 g/mol. The highest BCUT2D eigenvalue weighted by atomic mass is 16.4. The lowest BCUT2D eigenvalue weighted by molar-refractivity contribution is -0.138. The van der Waals surface area contributed by atoms with Crippen LogP contribution in [0.4, 0.5) is 0 Å². The molecule has 0 aromatic heterocycles. The molecule has 1 heterocycles. The second kappa shape index (κ2) is 7.40. The van der Waals surface area contributed by atoms with Crippen LogP contribution in [0, 0.1) is 5.92 Å². The van der Waals surface area contributed by atoms with Crippen LogP contribution >= 0.6 is 0 Å². The fourth-order valence-electron chi connectivity index (χ4n) is 2.48. The van der Waals surface area contributed by atoms with Crippen molar-refractivity contribution in [2.45, 2.75) is 45.2 Å². The first kappa shape index (κ1) is 15.9. The first-order valence-corrected chi connectivity index (χ1v) is 6.85. The van der Waals surface area contributed by atoms with Gasteiger partial charge < -0.3 is 10.8 Å². The Morgan fingerprint density at radius 3 is 2.84 bits per heavy atom. The highest BCUT2D eigenvalue weighted by Gasteiger charge is 2.24. The van der Waals surface area contributed by atoms with Crippen molar-refractivity contribution in [3.8, 4) is 0 Å². The van der Waals surface area contributed by atoms with Gasteiger partial charge in [-0.25, -0.2) is 0 Å². The summed E-state index contributed by atoms with van der Waals surface area (Å²) in [5, 5.41) is 8.69. The first-order chi connectivity index (χ1) is 8.95. The van der Waals surface area contributed by atoms with Crippen LogP contribution in [0.15, 0.2) is 11.6 Å². The van der Waals surface area contributed by atoms with E-state index in [0.29, 0.717) is 12.3 Å². The number of aldehydes is 1. The van der Waals surface area contributed by atoms with E-state index < -0.39 is 12.0 Å². The molecule has 0 aliphatic carbocycles. The number of carboxylic acids is 1. The number of carbonyl (C=O) groups excluding carboxylic acids is 1. The Labute approximate surface area is 114 Å². The molecule has 0 saturated heterocycles. The van der Waals surface area contributed by atoms with Gasteiger partial charge in [-0.3, -0.25) is 14.5 Å². The molecule has 108 valence electrons. The quantitative estimate of drug-likeness (QED) is 0.532. The number of rotatable bonds is 7. The van der Waals surface area contributed by atoms with Gasteiger partial charge in [-0.1, -0.05) is 19.4 Å². The van der Waals surface area contributed by atoms with Gasteiger partial charge in [0.05, 0.1) is 0 Å². The largest absolute Gasteiger partial charge is 0.480 e. The van der Waals surface area contributed by atoms with Crippen LogP contribution in [-0.2, 0) is 9.59 Å². The zero-order valence-electron chi connectivity index (χ0n) is 11.7. The summed E-state index contributed by atoms with van der Waals surface area (Å²) in [5.41, 5.74) is 6.31. The van der Waals surface area contributed by atoms with Crippen molar-refractivity contribution in [1.82, 2.24) is 4.90 Å². The van der Waals surface area contributed by atoms with Crippen molar-refractivity contribution in [2.24, 2.45) is 11.7 Å². The summed E-state index contributed by atoms with van der Waals surface area (Å²) in [6, 6.07) is -0.606. The van der Waals surface area contributed by atoms with E-state index in [2.05, 4.69) is 11.8 Å². The highest BCUT2D eigenvalue weighted by molar-refractivity contribution is 5.75. The molecule has 1 rings (SSSR count). The Morgan fingerprint density at radius 2 is 2.26 bits per heavy atom. The summed E-state index contributed by atoms with van der Waals surface area (Å²) in [7, 11) is 0. The summed E-state index contributed by atoms with van der Waals surface area (Å²) in [6.45, 7) is 5.96. The summed E-state index contributed by atoms with van der Waals surface area (Å²) < 4.78 is 0. The number of nitrogens with two attached hydrogens (primary N) is 1. The van der Waals surface area contributed by atoms with E-state index in [9.17, 15) is 9.59 Å². The third-order valence-corrected chi connectivity index (χ3v) is 3.69. The third kappa shape index (κ3) is 4.76. The zero-order valence-corrected chi connectivity index (χ0v) is 11.7. The van der Waals surface area contributed by atoms with Crippen LogP contribution in [0.5, 0.6) is 0 Å². The molecule has 0 radical (unpaired) electrons. The SMILES string of the molecule is CC1C=C(C=O)C(C)N(CCCC[C@H](N)C(=O)O)C1. The van der Waals surface area contributed by atoms with E-state index in [1.807, 2.05) is 13.0 Å². The van der Waals surface area contributed by atoms with Gasteiger partial charge in [-0.2, -0.15) is 0 Å². The maximum Gasteiger partial charge on any atom is 0.320 e. The number of carboxylic acid groups (broad SMARTS) is 1. The maximum absolute atomic E-state index is 11.0. The molecule has 0 bridgehead atoms. The molecule has 2 unspecified atom stereocenters. The lowest BCUT2D eigenvalue weighted by Crippen LogP contribution is -2.42. The normalized spacial score (nSPS) is 25.7. The molecule has 19 heavy (non-hydrogen) atoms.